The van der Waals surface area contributed by atoms with Gasteiger partial charge in [-0.3, -0.25) is 4.79 Å². The molecule has 0 atom stereocenters. The van der Waals surface area contributed by atoms with Gasteiger partial charge in [0, 0.05) is 20.0 Å². The lowest BCUT2D eigenvalue weighted by molar-refractivity contribution is -0.118. The SMILES string of the molecule is CC(=O)NCCNc1nc(N)nc(-n2cncn2)n1. The van der Waals surface area contributed by atoms with Crippen molar-refractivity contribution in [2.24, 2.45) is 0 Å². The topological polar surface area (TPSA) is 137 Å². The van der Waals surface area contributed by atoms with E-state index in [0.717, 1.165) is 0 Å². The second-order valence-corrected chi connectivity index (χ2v) is 3.57. The van der Waals surface area contributed by atoms with Crippen molar-refractivity contribution in [2.45, 2.75) is 6.92 Å². The molecular weight excluding hydrogens is 250 g/mol. The maximum absolute atomic E-state index is 10.7. The van der Waals surface area contributed by atoms with E-state index in [0.29, 0.717) is 19.0 Å². The largest absolute Gasteiger partial charge is 0.368 e. The van der Waals surface area contributed by atoms with Crippen molar-refractivity contribution >= 4 is 17.8 Å². The van der Waals surface area contributed by atoms with Crippen molar-refractivity contribution < 1.29 is 4.79 Å². The molecule has 0 aliphatic rings. The smallest absolute Gasteiger partial charge is 0.258 e. The van der Waals surface area contributed by atoms with Crippen LogP contribution >= 0.6 is 0 Å². The van der Waals surface area contributed by atoms with Crippen molar-refractivity contribution in [3.05, 3.63) is 12.7 Å². The minimum absolute atomic E-state index is 0.0718. The molecule has 19 heavy (non-hydrogen) atoms. The molecule has 0 unspecified atom stereocenters. The molecule has 0 aromatic carbocycles. The number of nitrogens with two attached hydrogens (primary N) is 1. The molecule has 2 aromatic rings. The van der Waals surface area contributed by atoms with Crippen molar-refractivity contribution in [1.82, 2.24) is 35.0 Å². The molecule has 10 nitrogen and oxygen atoms in total. The summed E-state index contributed by atoms with van der Waals surface area (Å²) in [6.07, 6.45) is 2.82. The number of hydrogen-bond acceptors (Lipinski definition) is 8. The Bertz CT molecular complexity index is 553. The summed E-state index contributed by atoms with van der Waals surface area (Å²) in [7, 11) is 0. The summed E-state index contributed by atoms with van der Waals surface area (Å²) in [5.74, 6) is 0.554. The number of rotatable bonds is 5. The molecule has 0 saturated carbocycles. The Morgan fingerprint density at radius 2 is 2.21 bits per heavy atom. The quantitative estimate of drug-likeness (QED) is 0.559. The molecule has 4 N–H and O–H groups in total. The summed E-state index contributed by atoms with van der Waals surface area (Å²) in [4.78, 5) is 26.5. The fourth-order valence-electron chi connectivity index (χ4n) is 1.29. The highest BCUT2D eigenvalue weighted by Gasteiger charge is 2.06. The highest BCUT2D eigenvalue weighted by molar-refractivity contribution is 5.72. The molecule has 2 heterocycles. The van der Waals surface area contributed by atoms with Gasteiger partial charge >= 0.3 is 0 Å². The Hall–Kier alpha value is -2.78. The predicted octanol–water partition coefficient (Wildman–Crippen LogP) is -1.42. The zero-order valence-electron chi connectivity index (χ0n) is 10.2. The number of nitrogen functional groups attached to an aromatic ring is 1. The molecule has 0 bridgehead atoms. The highest BCUT2D eigenvalue weighted by Crippen LogP contribution is 2.04. The summed E-state index contributed by atoms with van der Waals surface area (Å²) < 4.78 is 1.37. The lowest BCUT2D eigenvalue weighted by Gasteiger charge is -2.07. The number of nitrogens with zero attached hydrogens (tertiary/aromatic N) is 6. The molecule has 0 spiro atoms. The van der Waals surface area contributed by atoms with Crippen LogP contribution in [0, 0.1) is 0 Å². The summed E-state index contributed by atoms with van der Waals surface area (Å²) >= 11 is 0. The standard InChI is InChI=1S/C9H13N9O/c1-6(19)12-2-3-13-8-15-7(10)16-9(17-8)18-5-11-4-14-18/h4-5H,2-3H2,1H3,(H,12,19)(H3,10,13,15,16,17). The second kappa shape index (κ2) is 5.71. The van der Waals surface area contributed by atoms with Crippen LogP contribution in [-0.2, 0) is 4.79 Å². The van der Waals surface area contributed by atoms with Crippen LogP contribution in [0.4, 0.5) is 11.9 Å². The first kappa shape index (κ1) is 12.7. The summed E-state index contributed by atoms with van der Waals surface area (Å²) in [5.41, 5.74) is 5.58. The maximum Gasteiger partial charge on any atom is 0.258 e. The maximum atomic E-state index is 10.7. The molecule has 0 fully saturated rings. The van der Waals surface area contributed by atoms with Gasteiger partial charge in [-0.25, -0.2) is 4.98 Å². The fraction of sp³-hybridized carbons (Fsp3) is 0.333. The van der Waals surface area contributed by atoms with E-state index in [1.54, 1.807) is 0 Å². The van der Waals surface area contributed by atoms with E-state index < -0.39 is 0 Å². The van der Waals surface area contributed by atoms with Crippen LogP contribution in [0.3, 0.4) is 0 Å². The van der Waals surface area contributed by atoms with Gasteiger partial charge in [0.05, 0.1) is 0 Å². The Balaban J connectivity index is 2.03. The third kappa shape index (κ3) is 3.59. The van der Waals surface area contributed by atoms with Gasteiger partial charge in [-0.2, -0.15) is 24.7 Å². The Kier molecular flexibility index (Phi) is 3.81. The molecular formula is C9H13N9O. The number of anilines is 2. The van der Waals surface area contributed by atoms with Crippen LogP contribution in [-0.4, -0.2) is 48.7 Å². The summed E-state index contributed by atoms with van der Waals surface area (Å²) in [6, 6.07) is 0. The first-order valence-electron chi connectivity index (χ1n) is 5.50. The molecule has 0 aliphatic heterocycles. The summed E-state index contributed by atoms with van der Waals surface area (Å²) in [5, 5.41) is 9.47. The van der Waals surface area contributed by atoms with E-state index >= 15 is 0 Å². The molecule has 2 aromatic heterocycles. The highest BCUT2D eigenvalue weighted by atomic mass is 16.1. The lowest BCUT2D eigenvalue weighted by Crippen LogP contribution is -2.27. The Morgan fingerprint density at radius 1 is 1.37 bits per heavy atom. The van der Waals surface area contributed by atoms with Crippen LogP contribution in [0.15, 0.2) is 12.7 Å². The fourth-order valence-corrected chi connectivity index (χ4v) is 1.29. The van der Waals surface area contributed by atoms with E-state index in [1.807, 2.05) is 0 Å². The lowest BCUT2D eigenvalue weighted by atomic mass is 10.6. The van der Waals surface area contributed by atoms with Crippen LogP contribution in [0.5, 0.6) is 0 Å². The van der Waals surface area contributed by atoms with E-state index in [1.165, 1.54) is 24.3 Å². The second-order valence-electron chi connectivity index (χ2n) is 3.57. The zero-order valence-corrected chi connectivity index (χ0v) is 10.2. The van der Waals surface area contributed by atoms with Gasteiger partial charge in [0.1, 0.15) is 12.7 Å². The number of hydrogen-bond donors (Lipinski definition) is 3. The number of aromatic nitrogens is 6. The first-order valence-corrected chi connectivity index (χ1v) is 5.50. The minimum atomic E-state index is -0.0970. The van der Waals surface area contributed by atoms with E-state index in [9.17, 15) is 4.79 Å². The van der Waals surface area contributed by atoms with Crippen molar-refractivity contribution in [3.63, 3.8) is 0 Å². The van der Waals surface area contributed by atoms with Crippen LogP contribution in [0.1, 0.15) is 6.92 Å². The monoisotopic (exact) mass is 263 g/mol. The predicted molar refractivity (Wildman–Crippen MR) is 66.3 cm³/mol. The van der Waals surface area contributed by atoms with Crippen LogP contribution in [0.2, 0.25) is 0 Å². The van der Waals surface area contributed by atoms with Crippen molar-refractivity contribution in [2.75, 3.05) is 24.1 Å². The summed E-state index contributed by atoms with van der Waals surface area (Å²) in [6.45, 7) is 2.38. The van der Waals surface area contributed by atoms with Gasteiger partial charge in [0.25, 0.3) is 5.95 Å². The molecule has 1 amide bonds. The third-order valence-electron chi connectivity index (χ3n) is 2.05. The molecule has 10 heteroatoms. The number of amides is 1. The van der Waals surface area contributed by atoms with Gasteiger partial charge in [0.15, 0.2) is 0 Å². The zero-order chi connectivity index (χ0) is 13.7. The first-order chi connectivity index (χ1) is 9.15. The number of nitrogens with one attached hydrogen (secondary N) is 2. The van der Waals surface area contributed by atoms with Gasteiger partial charge < -0.3 is 16.4 Å². The van der Waals surface area contributed by atoms with Crippen molar-refractivity contribution in [1.29, 1.82) is 0 Å². The number of carbonyl (C=O) groups is 1. The molecule has 100 valence electrons. The van der Waals surface area contributed by atoms with Crippen molar-refractivity contribution in [3.8, 4) is 5.95 Å². The van der Waals surface area contributed by atoms with Gasteiger partial charge in [-0.05, 0) is 0 Å². The Labute approximate surface area is 108 Å². The van der Waals surface area contributed by atoms with Gasteiger partial charge in [0.2, 0.25) is 17.8 Å². The van der Waals surface area contributed by atoms with E-state index in [4.69, 9.17) is 5.73 Å². The number of carbonyl (C=O) groups excluding carboxylic acids is 1. The Morgan fingerprint density at radius 3 is 2.89 bits per heavy atom. The van der Waals surface area contributed by atoms with Crippen LogP contribution < -0.4 is 16.4 Å². The molecule has 0 saturated heterocycles. The average molecular weight is 263 g/mol. The van der Waals surface area contributed by atoms with Gasteiger partial charge in [-0.1, -0.05) is 0 Å². The van der Waals surface area contributed by atoms with Crippen LogP contribution in [0.25, 0.3) is 5.95 Å². The average Bonchev–Trinajstić information content (AvgIpc) is 2.87. The van der Waals surface area contributed by atoms with E-state index in [-0.39, 0.29) is 17.8 Å². The molecule has 0 radical (unpaired) electrons. The minimum Gasteiger partial charge on any atom is -0.368 e. The van der Waals surface area contributed by atoms with Gasteiger partial charge in [-0.15, -0.1) is 0 Å². The third-order valence-corrected chi connectivity index (χ3v) is 2.05. The normalized spacial score (nSPS) is 10.2. The molecule has 0 aliphatic carbocycles. The van der Waals surface area contributed by atoms with E-state index in [2.05, 4.69) is 35.7 Å². The molecule has 2 rings (SSSR count).